The van der Waals surface area contributed by atoms with E-state index in [2.05, 4.69) is 10.1 Å². The van der Waals surface area contributed by atoms with E-state index in [4.69, 9.17) is 0 Å². The fraction of sp³-hybridized carbons (Fsp3) is 0.429. The largest absolute Gasteiger partial charge is 0.464 e. The highest BCUT2D eigenvalue weighted by atomic mass is 127. The fourth-order valence-electron chi connectivity index (χ4n) is 0.556. The first-order valence-corrected chi connectivity index (χ1v) is 4.29. The first-order valence-electron chi connectivity index (χ1n) is 3.21. The number of amides is 1. The SMILES string of the molecule is COC(=O)/C(NC(C)=O)=C(\C)I. The van der Waals surface area contributed by atoms with Crippen LogP contribution in [0, 0.1) is 0 Å². The Hall–Kier alpha value is -0.590. The molecule has 0 fully saturated rings. The molecule has 0 radical (unpaired) electrons. The number of rotatable bonds is 2. The van der Waals surface area contributed by atoms with Crippen LogP contribution in [0.1, 0.15) is 13.8 Å². The molecule has 68 valence electrons. The number of carbonyl (C=O) groups excluding carboxylic acids is 2. The van der Waals surface area contributed by atoms with Crippen LogP contribution in [0.4, 0.5) is 0 Å². The molecule has 0 aliphatic carbocycles. The second-order valence-electron chi connectivity index (χ2n) is 2.08. The smallest absolute Gasteiger partial charge is 0.355 e. The van der Waals surface area contributed by atoms with Gasteiger partial charge in [0.2, 0.25) is 5.91 Å². The summed E-state index contributed by atoms with van der Waals surface area (Å²) < 4.78 is 5.15. The molecule has 0 atom stereocenters. The summed E-state index contributed by atoms with van der Waals surface area (Å²) >= 11 is 1.94. The standard InChI is InChI=1S/C7H10INO3/c1-4(8)6(7(11)12-3)9-5(2)10/h1-3H3,(H,9,10)/b6-4-. The number of hydrogen-bond acceptors (Lipinski definition) is 3. The zero-order valence-electron chi connectivity index (χ0n) is 7.10. The molecule has 0 saturated carbocycles. The van der Waals surface area contributed by atoms with E-state index in [1.165, 1.54) is 14.0 Å². The van der Waals surface area contributed by atoms with E-state index >= 15 is 0 Å². The maximum Gasteiger partial charge on any atom is 0.355 e. The number of nitrogens with one attached hydrogen (secondary N) is 1. The van der Waals surface area contributed by atoms with E-state index < -0.39 is 5.97 Å². The van der Waals surface area contributed by atoms with Crippen LogP contribution in [0.25, 0.3) is 0 Å². The van der Waals surface area contributed by atoms with Crippen molar-refractivity contribution in [3.8, 4) is 0 Å². The van der Waals surface area contributed by atoms with Crippen LogP contribution in [0.5, 0.6) is 0 Å². The van der Waals surface area contributed by atoms with Crippen LogP contribution in [0.15, 0.2) is 9.28 Å². The molecule has 0 bridgehead atoms. The van der Waals surface area contributed by atoms with Crippen LogP contribution in [-0.2, 0) is 14.3 Å². The number of allylic oxidation sites excluding steroid dienone is 1. The summed E-state index contributed by atoms with van der Waals surface area (Å²) in [6.45, 7) is 3.05. The topological polar surface area (TPSA) is 55.4 Å². The van der Waals surface area contributed by atoms with Gasteiger partial charge >= 0.3 is 5.97 Å². The second-order valence-corrected chi connectivity index (χ2v) is 3.70. The van der Waals surface area contributed by atoms with Crippen molar-refractivity contribution in [1.29, 1.82) is 0 Å². The van der Waals surface area contributed by atoms with Crippen LogP contribution < -0.4 is 5.32 Å². The van der Waals surface area contributed by atoms with Crippen molar-refractivity contribution < 1.29 is 14.3 Å². The van der Waals surface area contributed by atoms with Crippen LogP contribution >= 0.6 is 22.6 Å². The summed E-state index contributed by atoms with van der Waals surface area (Å²) in [5.41, 5.74) is 0.200. The first-order chi connectivity index (χ1) is 5.49. The molecular formula is C7H10INO3. The van der Waals surface area contributed by atoms with Crippen molar-refractivity contribution in [1.82, 2.24) is 5.32 Å². The van der Waals surface area contributed by atoms with Gasteiger partial charge in [0.05, 0.1) is 7.11 Å². The van der Waals surface area contributed by atoms with E-state index in [0.717, 1.165) is 0 Å². The number of methoxy groups -OCH3 is 1. The second kappa shape index (κ2) is 5.13. The molecule has 0 aromatic rings. The molecule has 0 aromatic carbocycles. The molecule has 0 aliphatic heterocycles. The van der Waals surface area contributed by atoms with Gasteiger partial charge in [-0.05, 0) is 29.5 Å². The van der Waals surface area contributed by atoms with E-state index in [1.807, 2.05) is 22.6 Å². The Bertz CT molecular complexity index is 231. The normalized spacial score (nSPS) is 11.7. The number of halogens is 1. The van der Waals surface area contributed by atoms with Gasteiger partial charge in [0.15, 0.2) is 0 Å². The Balaban J connectivity index is 4.58. The third kappa shape index (κ3) is 3.70. The van der Waals surface area contributed by atoms with Gasteiger partial charge < -0.3 is 10.1 Å². The van der Waals surface area contributed by atoms with Crippen molar-refractivity contribution in [2.75, 3.05) is 7.11 Å². The van der Waals surface area contributed by atoms with Gasteiger partial charge in [0.1, 0.15) is 5.70 Å². The number of carbonyl (C=O) groups is 2. The van der Waals surface area contributed by atoms with Gasteiger partial charge in [-0.3, -0.25) is 4.79 Å². The third-order valence-corrected chi connectivity index (χ3v) is 1.57. The Morgan fingerprint density at radius 3 is 2.08 bits per heavy atom. The van der Waals surface area contributed by atoms with Gasteiger partial charge in [0.25, 0.3) is 0 Å². The molecule has 12 heavy (non-hydrogen) atoms. The van der Waals surface area contributed by atoms with Crippen LogP contribution in [-0.4, -0.2) is 19.0 Å². The molecule has 0 heterocycles. The minimum absolute atomic E-state index is 0.200. The Kier molecular flexibility index (Phi) is 4.87. The highest BCUT2D eigenvalue weighted by Crippen LogP contribution is 2.10. The van der Waals surface area contributed by atoms with Crippen molar-refractivity contribution in [2.45, 2.75) is 13.8 Å². The lowest BCUT2D eigenvalue weighted by Crippen LogP contribution is -2.26. The van der Waals surface area contributed by atoms with Crippen molar-refractivity contribution in [3.63, 3.8) is 0 Å². The minimum atomic E-state index is -0.530. The number of esters is 1. The molecule has 0 saturated heterocycles. The fourth-order valence-corrected chi connectivity index (χ4v) is 0.911. The Morgan fingerprint density at radius 2 is 1.83 bits per heavy atom. The predicted molar refractivity (Wildman–Crippen MR) is 52.6 cm³/mol. The molecule has 4 nitrogen and oxygen atoms in total. The summed E-state index contributed by atoms with van der Waals surface area (Å²) in [5, 5.41) is 2.39. The van der Waals surface area contributed by atoms with Crippen molar-refractivity contribution >= 4 is 34.5 Å². The molecule has 0 aliphatic rings. The van der Waals surface area contributed by atoms with Gasteiger partial charge in [-0.2, -0.15) is 0 Å². The molecule has 0 unspecified atom stereocenters. The Labute approximate surface area is 84.5 Å². The summed E-state index contributed by atoms with van der Waals surface area (Å²) in [5.74, 6) is -0.816. The number of hydrogen-bond donors (Lipinski definition) is 1. The molecule has 5 heteroatoms. The van der Waals surface area contributed by atoms with Crippen molar-refractivity contribution in [3.05, 3.63) is 9.28 Å². The van der Waals surface area contributed by atoms with Gasteiger partial charge in [-0.25, -0.2) is 4.79 Å². The lowest BCUT2D eigenvalue weighted by molar-refractivity contribution is -0.137. The minimum Gasteiger partial charge on any atom is -0.464 e. The quantitative estimate of drug-likeness (QED) is 0.466. The third-order valence-electron chi connectivity index (χ3n) is 1.04. The first kappa shape index (κ1) is 11.4. The van der Waals surface area contributed by atoms with Gasteiger partial charge in [-0.1, -0.05) is 0 Å². The summed E-state index contributed by atoms with van der Waals surface area (Å²) in [6, 6.07) is 0. The molecule has 1 amide bonds. The highest BCUT2D eigenvalue weighted by molar-refractivity contribution is 14.1. The zero-order chi connectivity index (χ0) is 9.72. The molecule has 0 aromatic heterocycles. The predicted octanol–water partition coefficient (Wildman–Crippen LogP) is 0.962. The average molecular weight is 283 g/mol. The summed E-state index contributed by atoms with van der Waals surface area (Å²) in [7, 11) is 1.27. The average Bonchev–Trinajstić information content (AvgIpc) is 1.98. The summed E-state index contributed by atoms with van der Waals surface area (Å²) in [4.78, 5) is 21.6. The van der Waals surface area contributed by atoms with Crippen molar-refractivity contribution in [2.24, 2.45) is 0 Å². The highest BCUT2D eigenvalue weighted by Gasteiger charge is 2.12. The maximum absolute atomic E-state index is 11.0. The molecule has 0 rings (SSSR count). The van der Waals surface area contributed by atoms with Gasteiger partial charge in [-0.15, -0.1) is 0 Å². The monoisotopic (exact) mass is 283 g/mol. The lowest BCUT2D eigenvalue weighted by Gasteiger charge is -2.06. The molecule has 0 spiro atoms. The van der Waals surface area contributed by atoms with Crippen LogP contribution in [0.3, 0.4) is 0 Å². The van der Waals surface area contributed by atoms with Gasteiger partial charge in [0, 0.05) is 10.5 Å². The van der Waals surface area contributed by atoms with E-state index in [1.54, 1.807) is 6.92 Å². The Morgan fingerprint density at radius 1 is 1.33 bits per heavy atom. The molecular weight excluding hydrogens is 273 g/mol. The molecule has 1 N–H and O–H groups in total. The van der Waals surface area contributed by atoms with E-state index in [0.29, 0.717) is 3.58 Å². The van der Waals surface area contributed by atoms with E-state index in [-0.39, 0.29) is 11.6 Å². The zero-order valence-corrected chi connectivity index (χ0v) is 9.26. The maximum atomic E-state index is 11.0. The van der Waals surface area contributed by atoms with E-state index in [9.17, 15) is 9.59 Å². The summed E-state index contributed by atoms with van der Waals surface area (Å²) in [6.07, 6.45) is 0. The number of ether oxygens (including phenoxy) is 1. The lowest BCUT2D eigenvalue weighted by atomic mass is 10.4. The van der Waals surface area contributed by atoms with Crippen LogP contribution in [0.2, 0.25) is 0 Å².